The van der Waals surface area contributed by atoms with Crippen molar-refractivity contribution in [3.8, 4) is 0 Å². The van der Waals surface area contributed by atoms with E-state index in [1.807, 2.05) is 11.3 Å². The smallest absolute Gasteiger partial charge is 0.118 e. The zero-order valence-electron chi connectivity index (χ0n) is 11.5. The van der Waals surface area contributed by atoms with E-state index in [1.165, 1.54) is 55.0 Å². The molecule has 1 aliphatic carbocycles. The molecule has 1 aliphatic rings. The SMILES string of the molecule is CCNCCc1nnc(CC2CCCCCC2)s1. The van der Waals surface area contributed by atoms with Crippen molar-refractivity contribution in [3.63, 3.8) is 0 Å². The highest BCUT2D eigenvalue weighted by Crippen LogP contribution is 2.26. The van der Waals surface area contributed by atoms with Gasteiger partial charge in [-0.2, -0.15) is 0 Å². The van der Waals surface area contributed by atoms with Gasteiger partial charge in [0, 0.05) is 19.4 Å². The lowest BCUT2D eigenvalue weighted by Gasteiger charge is -2.10. The maximum Gasteiger partial charge on any atom is 0.118 e. The summed E-state index contributed by atoms with van der Waals surface area (Å²) in [5.41, 5.74) is 0. The van der Waals surface area contributed by atoms with E-state index in [-0.39, 0.29) is 0 Å². The molecular weight excluding hydrogens is 242 g/mol. The molecule has 0 radical (unpaired) electrons. The topological polar surface area (TPSA) is 37.8 Å². The van der Waals surface area contributed by atoms with Crippen LogP contribution in [0.5, 0.6) is 0 Å². The van der Waals surface area contributed by atoms with Gasteiger partial charge in [-0.15, -0.1) is 21.5 Å². The fraction of sp³-hybridized carbons (Fsp3) is 0.857. The third kappa shape index (κ3) is 4.65. The van der Waals surface area contributed by atoms with Crippen LogP contribution in [-0.4, -0.2) is 23.3 Å². The minimum atomic E-state index is 0.863. The number of nitrogens with zero attached hydrogens (tertiary/aromatic N) is 2. The van der Waals surface area contributed by atoms with Gasteiger partial charge in [-0.1, -0.05) is 45.4 Å². The maximum absolute atomic E-state index is 4.36. The fourth-order valence-electron chi connectivity index (χ4n) is 2.66. The van der Waals surface area contributed by atoms with Crippen molar-refractivity contribution in [2.24, 2.45) is 5.92 Å². The summed E-state index contributed by atoms with van der Waals surface area (Å²) in [5.74, 6) is 0.863. The average Bonchev–Trinajstić information content (AvgIpc) is 2.65. The molecule has 4 heteroatoms. The van der Waals surface area contributed by atoms with E-state index in [0.717, 1.165) is 25.4 Å². The molecule has 1 saturated carbocycles. The monoisotopic (exact) mass is 267 g/mol. The zero-order chi connectivity index (χ0) is 12.6. The van der Waals surface area contributed by atoms with Crippen LogP contribution in [0.2, 0.25) is 0 Å². The molecular formula is C14H25N3S. The van der Waals surface area contributed by atoms with Crippen LogP contribution in [0.1, 0.15) is 55.5 Å². The van der Waals surface area contributed by atoms with Crippen molar-refractivity contribution < 1.29 is 0 Å². The van der Waals surface area contributed by atoms with Crippen molar-refractivity contribution in [2.75, 3.05) is 13.1 Å². The quantitative estimate of drug-likeness (QED) is 0.635. The normalized spacial score (nSPS) is 17.8. The summed E-state index contributed by atoms with van der Waals surface area (Å²) in [6.07, 6.45) is 10.7. The van der Waals surface area contributed by atoms with Crippen molar-refractivity contribution in [3.05, 3.63) is 10.0 Å². The molecule has 0 saturated heterocycles. The Balaban J connectivity index is 1.78. The molecule has 0 bridgehead atoms. The van der Waals surface area contributed by atoms with Crippen LogP contribution in [0.4, 0.5) is 0 Å². The zero-order valence-corrected chi connectivity index (χ0v) is 12.3. The van der Waals surface area contributed by atoms with Gasteiger partial charge in [0.1, 0.15) is 10.0 Å². The second-order valence-electron chi connectivity index (χ2n) is 5.25. The maximum atomic E-state index is 4.36. The molecule has 0 atom stereocenters. The Morgan fingerprint density at radius 3 is 2.56 bits per heavy atom. The van der Waals surface area contributed by atoms with Crippen LogP contribution in [0.25, 0.3) is 0 Å². The molecule has 0 amide bonds. The van der Waals surface area contributed by atoms with Gasteiger partial charge in [0.2, 0.25) is 0 Å². The van der Waals surface area contributed by atoms with E-state index < -0.39 is 0 Å². The van der Waals surface area contributed by atoms with Crippen molar-refractivity contribution in [2.45, 2.75) is 58.3 Å². The van der Waals surface area contributed by atoms with E-state index in [1.54, 1.807) is 0 Å². The summed E-state index contributed by atoms with van der Waals surface area (Å²) in [6.45, 7) is 4.19. The van der Waals surface area contributed by atoms with E-state index in [4.69, 9.17) is 0 Å². The Bertz CT molecular complexity index is 330. The highest BCUT2D eigenvalue weighted by molar-refractivity contribution is 7.11. The van der Waals surface area contributed by atoms with E-state index in [2.05, 4.69) is 22.4 Å². The number of hydrogen-bond donors (Lipinski definition) is 1. The minimum Gasteiger partial charge on any atom is -0.317 e. The molecule has 102 valence electrons. The predicted octanol–water partition coefficient (Wildman–Crippen LogP) is 3.20. The van der Waals surface area contributed by atoms with Crippen LogP contribution >= 0.6 is 11.3 Å². The van der Waals surface area contributed by atoms with Crippen molar-refractivity contribution in [1.82, 2.24) is 15.5 Å². The third-order valence-corrected chi connectivity index (χ3v) is 4.72. The first kappa shape index (κ1) is 13.9. The summed E-state index contributed by atoms with van der Waals surface area (Å²) < 4.78 is 0. The largest absolute Gasteiger partial charge is 0.317 e. The predicted molar refractivity (Wildman–Crippen MR) is 77.1 cm³/mol. The van der Waals surface area contributed by atoms with E-state index in [9.17, 15) is 0 Å². The molecule has 3 nitrogen and oxygen atoms in total. The minimum absolute atomic E-state index is 0.863. The first-order valence-electron chi connectivity index (χ1n) is 7.40. The number of likely N-dealkylation sites (N-methyl/N-ethyl adjacent to an activating group) is 1. The second-order valence-corrected chi connectivity index (χ2v) is 6.40. The molecule has 1 aromatic rings. The van der Waals surface area contributed by atoms with Gasteiger partial charge in [-0.25, -0.2) is 0 Å². The lowest BCUT2D eigenvalue weighted by atomic mass is 9.97. The molecule has 1 fully saturated rings. The van der Waals surface area contributed by atoms with Gasteiger partial charge in [-0.3, -0.25) is 0 Å². The van der Waals surface area contributed by atoms with Gasteiger partial charge in [-0.05, 0) is 12.5 Å². The second kappa shape index (κ2) is 7.85. The number of hydrogen-bond acceptors (Lipinski definition) is 4. The van der Waals surface area contributed by atoms with Crippen LogP contribution in [-0.2, 0) is 12.8 Å². The first-order chi connectivity index (χ1) is 8.88. The third-order valence-electron chi connectivity index (χ3n) is 3.71. The van der Waals surface area contributed by atoms with Crippen LogP contribution in [0, 0.1) is 5.92 Å². The summed E-state index contributed by atoms with van der Waals surface area (Å²) in [6, 6.07) is 0. The van der Waals surface area contributed by atoms with Gasteiger partial charge < -0.3 is 5.32 Å². The number of rotatable bonds is 6. The summed E-state index contributed by atoms with van der Waals surface area (Å²) in [5, 5.41) is 14.5. The Morgan fingerprint density at radius 1 is 1.11 bits per heavy atom. The Hall–Kier alpha value is -0.480. The number of nitrogens with one attached hydrogen (secondary N) is 1. The average molecular weight is 267 g/mol. The molecule has 1 N–H and O–H groups in total. The highest BCUT2D eigenvalue weighted by atomic mass is 32.1. The van der Waals surface area contributed by atoms with E-state index in [0.29, 0.717) is 0 Å². The molecule has 1 aromatic heterocycles. The first-order valence-corrected chi connectivity index (χ1v) is 8.22. The van der Waals surface area contributed by atoms with E-state index >= 15 is 0 Å². The molecule has 2 rings (SSSR count). The molecule has 1 heterocycles. The van der Waals surface area contributed by atoms with Crippen LogP contribution < -0.4 is 5.32 Å². The van der Waals surface area contributed by atoms with Gasteiger partial charge in [0.15, 0.2) is 0 Å². The molecule has 0 aliphatic heterocycles. The Kier molecular flexibility index (Phi) is 6.08. The standard InChI is InChI=1S/C14H25N3S/c1-2-15-10-9-13-16-17-14(18-13)11-12-7-5-3-4-6-8-12/h12,15H,2-11H2,1H3. The van der Waals surface area contributed by atoms with Crippen molar-refractivity contribution >= 4 is 11.3 Å². The number of aromatic nitrogens is 2. The summed E-state index contributed by atoms with van der Waals surface area (Å²) in [4.78, 5) is 0. The molecule has 18 heavy (non-hydrogen) atoms. The Morgan fingerprint density at radius 2 is 1.83 bits per heavy atom. The molecule has 0 unspecified atom stereocenters. The van der Waals surface area contributed by atoms with Crippen LogP contribution in [0.15, 0.2) is 0 Å². The molecule has 0 spiro atoms. The van der Waals surface area contributed by atoms with Gasteiger partial charge in [0.05, 0.1) is 0 Å². The molecule has 0 aromatic carbocycles. The summed E-state index contributed by atoms with van der Waals surface area (Å²) in [7, 11) is 0. The fourth-order valence-corrected chi connectivity index (χ4v) is 3.62. The Labute approximate surface area is 114 Å². The summed E-state index contributed by atoms with van der Waals surface area (Å²) >= 11 is 1.82. The van der Waals surface area contributed by atoms with Crippen LogP contribution in [0.3, 0.4) is 0 Å². The lowest BCUT2D eigenvalue weighted by Crippen LogP contribution is -2.15. The van der Waals surface area contributed by atoms with Crippen molar-refractivity contribution in [1.29, 1.82) is 0 Å². The van der Waals surface area contributed by atoms with Gasteiger partial charge >= 0.3 is 0 Å². The lowest BCUT2D eigenvalue weighted by molar-refractivity contribution is 0.456. The highest BCUT2D eigenvalue weighted by Gasteiger charge is 2.15. The van der Waals surface area contributed by atoms with Gasteiger partial charge in [0.25, 0.3) is 0 Å².